The maximum Gasteiger partial charge on any atom is 0.323 e. The zero-order valence-electron chi connectivity index (χ0n) is 9.59. The Labute approximate surface area is 129 Å². The lowest BCUT2D eigenvalue weighted by Crippen LogP contribution is -1.99. The Bertz CT molecular complexity index is 790. The molecule has 2 heterocycles. The number of thiophene rings is 1. The molecule has 0 aliphatic rings. The van der Waals surface area contributed by atoms with Crippen LogP contribution in [-0.4, -0.2) is 9.97 Å². The number of aromatic amines is 2. The van der Waals surface area contributed by atoms with Crippen LogP contribution in [0.2, 0.25) is 0 Å². The summed E-state index contributed by atoms with van der Waals surface area (Å²) in [5.74, 6) is 0. The second kappa shape index (κ2) is 5.15. The van der Waals surface area contributed by atoms with E-state index in [1.165, 1.54) is 4.88 Å². The highest BCUT2D eigenvalue weighted by atomic mass is 79.9. The van der Waals surface area contributed by atoms with Crippen molar-refractivity contribution in [2.45, 2.75) is 6.54 Å². The predicted octanol–water partition coefficient (Wildman–Crippen LogP) is 4.05. The molecule has 0 atom stereocenters. The average molecular weight is 403 g/mol. The highest BCUT2D eigenvalue weighted by Gasteiger charge is 2.06. The third-order valence-corrected chi connectivity index (χ3v) is 5.03. The Kier molecular flexibility index (Phi) is 3.51. The molecule has 7 heteroatoms. The fourth-order valence-electron chi connectivity index (χ4n) is 1.82. The fourth-order valence-corrected chi connectivity index (χ4v) is 3.69. The second-order valence-corrected chi connectivity index (χ2v) is 6.81. The van der Waals surface area contributed by atoms with Gasteiger partial charge in [-0.25, -0.2) is 4.79 Å². The Morgan fingerprint density at radius 1 is 1.16 bits per heavy atom. The Morgan fingerprint density at radius 2 is 1.89 bits per heavy atom. The van der Waals surface area contributed by atoms with E-state index >= 15 is 0 Å². The van der Waals surface area contributed by atoms with E-state index in [0.29, 0.717) is 0 Å². The number of imidazole rings is 1. The van der Waals surface area contributed by atoms with E-state index in [2.05, 4.69) is 58.6 Å². The number of H-pyrrole nitrogens is 2. The van der Waals surface area contributed by atoms with Crippen LogP contribution < -0.4 is 11.0 Å². The fraction of sp³-hybridized carbons (Fsp3) is 0.0833. The van der Waals surface area contributed by atoms with Gasteiger partial charge in [-0.15, -0.1) is 11.3 Å². The highest BCUT2D eigenvalue weighted by Crippen LogP contribution is 2.28. The van der Waals surface area contributed by atoms with Gasteiger partial charge in [-0.3, -0.25) is 0 Å². The van der Waals surface area contributed by atoms with Crippen molar-refractivity contribution in [1.82, 2.24) is 9.97 Å². The van der Waals surface area contributed by atoms with Gasteiger partial charge in [0.1, 0.15) is 0 Å². The van der Waals surface area contributed by atoms with Crippen molar-refractivity contribution < 1.29 is 0 Å². The van der Waals surface area contributed by atoms with Crippen LogP contribution in [0.1, 0.15) is 4.88 Å². The number of nitrogens with one attached hydrogen (secondary N) is 3. The van der Waals surface area contributed by atoms with Crippen LogP contribution in [0.3, 0.4) is 0 Å². The predicted molar refractivity (Wildman–Crippen MR) is 86.0 cm³/mol. The molecule has 0 radical (unpaired) electrons. The highest BCUT2D eigenvalue weighted by molar-refractivity contribution is 9.10. The normalized spacial score (nSPS) is 11.1. The maximum absolute atomic E-state index is 11.2. The Morgan fingerprint density at radius 3 is 2.58 bits per heavy atom. The SMILES string of the molecule is O=c1[nH]c2cc(Br)c(NCc3cc(Br)cs3)cc2[nH]1. The van der Waals surface area contributed by atoms with E-state index in [1.54, 1.807) is 11.3 Å². The van der Waals surface area contributed by atoms with Gasteiger partial charge in [-0.1, -0.05) is 0 Å². The topological polar surface area (TPSA) is 60.7 Å². The monoisotopic (exact) mass is 401 g/mol. The number of hydrogen-bond donors (Lipinski definition) is 3. The summed E-state index contributed by atoms with van der Waals surface area (Å²) in [5.41, 5.74) is 2.35. The molecule has 3 N–H and O–H groups in total. The second-order valence-electron chi connectivity index (χ2n) is 4.04. The summed E-state index contributed by atoms with van der Waals surface area (Å²) in [6, 6.07) is 5.89. The lowest BCUT2D eigenvalue weighted by Gasteiger charge is -2.07. The first-order chi connectivity index (χ1) is 9.11. The molecule has 3 aromatic rings. The molecule has 0 aliphatic carbocycles. The lowest BCUT2D eigenvalue weighted by molar-refractivity contribution is 1.19. The van der Waals surface area contributed by atoms with E-state index in [4.69, 9.17) is 0 Å². The summed E-state index contributed by atoms with van der Waals surface area (Å²) in [7, 11) is 0. The summed E-state index contributed by atoms with van der Waals surface area (Å²) < 4.78 is 2.02. The van der Waals surface area contributed by atoms with Crippen molar-refractivity contribution in [3.8, 4) is 0 Å². The van der Waals surface area contributed by atoms with Crippen molar-refractivity contribution >= 4 is 59.9 Å². The number of benzene rings is 1. The molecule has 1 aromatic carbocycles. The third-order valence-electron chi connectivity index (χ3n) is 2.68. The molecule has 2 aromatic heterocycles. The third kappa shape index (κ3) is 2.77. The summed E-state index contributed by atoms with van der Waals surface area (Å²) in [6.45, 7) is 0.745. The molecule has 98 valence electrons. The van der Waals surface area contributed by atoms with Crippen LogP contribution in [0, 0.1) is 0 Å². The summed E-state index contributed by atoms with van der Waals surface area (Å²) in [4.78, 5) is 18.0. The van der Waals surface area contributed by atoms with Gasteiger partial charge in [-0.2, -0.15) is 0 Å². The number of halogens is 2. The summed E-state index contributed by atoms with van der Waals surface area (Å²) in [6.07, 6.45) is 0. The van der Waals surface area contributed by atoms with E-state index < -0.39 is 0 Å². The van der Waals surface area contributed by atoms with E-state index in [9.17, 15) is 4.79 Å². The molecule has 3 rings (SSSR count). The molecule has 0 aliphatic heterocycles. The molecular formula is C12H9Br2N3OS. The maximum atomic E-state index is 11.2. The number of aromatic nitrogens is 2. The molecule has 0 amide bonds. The molecule has 19 heavy (non-hydrogen) atoms. The lowest BCUT2D eigenvalue weighted by atomic mass is 10.2. The first-order valence-electron chi connectivity index (χ1n) is 5.50. The molecule has 0 bridgehead atoms. The van der Waals surface area contributed by atoms with Gasteiger partial charge < -0.3 is 15.3 Å². The number of anilines is 1. The molecule has 4 nitrogen and oxygen atoms in total. The van der Waals surface area contributed by atoms with Crippen molar-refractivity contribution in [1.29, 1.82) is 0 Å². The quantitative estimate of drug-likeness (QED) is 0.618. The zero-order valence-corrected chi connectivity index (χ0v) is 13.6. The van der Waals surface area contributed by atoms with Crippen LogP contribution >= 0.6 is 43.2 Å². The standard InChI is InChI=1S/C12H9Br2N3OS/c13-6-1-7(19-5-6)4-15-9-3-11-10(2-8(9)14)16-12(18)17-11/h1-3,5,15H,4H2,(H2,16,17,18). The molecule has 0 fully saturated rings. The summed E-state index contributed by atoms with van der Waals surface area (Å²) >= 11 is 8.63. The molecule has 0 saturated carbocycles. The minimum Gasteiger partial charge on any atom is -0.379 e. The van der Waals surface area contributed by atoms with Crippen LogP contribution in [0.5, 0.6) is 0 Å². The first-order valence-corrected chi connectivity index (χ1v) is 7.97. The van der Waals surface area contributed by atoms with Crippen LogP contribution in [0.4, 0.5) is 5.69 Å². The first kappa shape index (κ1) is 13.0. The van der Waals surface area contributed by atoms with Crippen LogP contribution in [-0.2, 0) is 6.54 Å². The van der Waals surface area contributed by atoms with Crippen LogP contribution in [0.15, 0.2) is 37.3 Å². The van der Waals surface area contributed by atoms with Gasteiger partial charge in [0.05, 0.1) is 16.7 Å². The largest absolute Gasteiger partial charge is 0.379 e. The zero-order chi connectivity index (χ0) is 13.4. The Balaban J connectivity index is 1.87. The number of fused-ring (bicyclic) bond motifs is 1. The molecular weight excluding hydrogens is 394 g/mol. The minimum absolute atomic E-state index is 0.193. The molecule has 0 saturated heterocycles. The van der Waals surface area contributed by atoms with E-state index in [1.807, 2.05) is 12.1 Å². The average Bonchev–Trinajstić information content (AvgIpc) is 2.91. The van der Waals surface area contributed by atoms with E-state index in [-0.39, 0.29) is 5.69 Å². The van der Waals surface area contributed by atoms with E-state index in [0.717, 1.165) is 32.2 Å². The van der Waals surface area contributed by atoms with Crippen molar-refractivity contribution in [2.75, 3.05) is 5.32 Å². The smallest absolute Gasteiger partial charge is 0.323 e. The van der Waals surface area contributed by atoms with Crippen molar-refractivity contribution in [3.63, 3.8) is 0 Å². The number of hydrogen-bond acceptors (Lipinski definition) is 3. The minimum atomic E-state index is -0.193. The number of rotatable bonds is 3. The van der Waals surface area contributed by atoms with Gasteiger partial charge in [-0.05, 0) is 50.1 Å². The summed E-state index contributed by atoms with van der Waals surface area (Å²) in [5, 5.41) is 5.41. The van der Waals surface area contributed by atoms with Gasteiger partial charge in [0.2, 0.25) is 0 Å². The van der Waals surface area contributed by atoms with Crippen molar-refractivity contribution in [2.24, 2.45) is 0 Å². The molecule has 0 spiro atoms. The van der Waals surface area contributed by atoms with Gasteiger partial charge in [0, 0.05) is 25.7 Å². The Hall–Kier alpha value is -1.05. The van der Waals surface area contributed by atoms with Gasteiger partial charge in [0.25, 0.3) is 0 Å². The van der Waals surface area contributed by atoms with Crippen LogP contribution in [0.25, 0.3) is 11.0 Å². The van der Waals surface area contributed by atoms with Gasteiger partial charge >= 0.3 is 5.69 Å². The molecule has 0 unspecified atom stereocenters. The van der Waals surface area contributed by atoms with Gasteiger partial charge in [0.15, 0.2) is 0 Å². The van der Waals surface area contributed by atoms with Crippen molar-refractivity contribution in [3.05, 3.63) is 47.9 Å².